The van der Waals surface area contributed by atoms with Gasteiger partial charge in [-0.2, -0.15) is 13.5 Å². The van der Waals surface area contributed by atoms with Crippen LogP contribution in [0.5, 0.6) is 0 Å². The molecule has 0 bridgehead atoms. The van der Waals surface area contributed by atoms with Gasteiger partial charge in [0.15, 0.2) is 0 Å². The van der Waals surface area contributed by atoms with Crippen LogP contribution in [0.25, 0.3) is 0 Å². The number of aromatic amines is 1. The molecule has 0 aliphatic rings. The summed E-state index contributed by atoms with van der Waals surface area (Å²) in [6.45, 7) is 0. The molecule has 34 valence electrons. The summed E-state index contributed by atoms with van der Waals surface area (Å²) >= 11 is 0. The largest absolute Gasteiger partial charge is 0.368 e. The monoisotopic (exact) mass is 101 g/mol. The van der Waals surface area contributed by atoms with Gasteiger partial charge in [0.05, 0.1) is 0 Å². The van der Waals surface area contributed by atoms with Crippen molar-refractivity contribution in [2.75, 3.05) is 0 Å². The molecule has 2 heteroatoms. The molecule has 1 N–H and O–H groups in total. The second-order valence-electron chi connectivity index (χ2n) is 0.885. The lowest BCUT2D eigenvalue weighted by molar-refractivity contribution is 1.42. The zero-order valence-corrected chi connectivity index (χ0v) is 4.31. The highest BCUT2D eigenvalue weighted by molar-refractivity contribution is 7.59. The van der Waals surface area contributed by atoms with Crippen LogP contribution in [0.1, 0.15) is 0 Å². The molecule has 0 aliphatic heterocycles. The fourth-order valence-corrected chi connectivity index (χ4v) is 0.278. The highest BCUT2D eigenvalue weighted by Gasteiger charge is 1.55. The van der Waals surface area contributed by atoms with Crippen molar-refractivity contribution in [1.29, 1.82) is 0 Å². The first kappa shape index (κ1) is 5.63. The highest BCUT2D eigenvalue weighted by atomic mass is 32.1. The Bertz CT molecular complexity index is 64.0. The third-order valence-electron chi connectivity index (χ3n) is 0.496. The molecule has 1 rings (SSSR count). The van der Waals surface area contributed by atoms with E-state index in [1.807, 2.05) is 24.5 Å². The lowest BCUT2D eigenvalue weighted by Gasteiger charge is -1.49. The van der Waals surface area contributed by atoms with Gasteiger partial charge in [-0.15, -0.1) is 0 Å². The Labute approximate surface area is 43.8 Å². The van der Waals surface area contributed by atoms with Crippen LogP contribution in [0, 0.1) is 0 Å². The topological polar surface area (TPSA) is 15.8 Å². The number of nitrogens with one attached hydrogen (secondary N) is 1. The molecule has 0 atom stereocenters. The summed E-state index contributed by atoms with van der Waals surface area (Å²) in [4.78, 5) is 2.86. The van der Waals surface area contributed by atoms with Crippen LogP contribution in [0.15, 0.2) is 24.5 Å². The molecule has 0 radical (unpaired) electrons. The SMILES string of the molecule is S.c1cc[nH]c1. The van der Waals surface area contributed by atoms with Crippen LogP contribution in [0.4, 0.5) is 0 Å². The van der Waals surface area contributed by atoms with E-state index in [2.05, 4.69) is 4.98 Å². The van der Waals surface area contributed by atoms with Gasteiger partial charge in [-0.3, -0.25) is 0 Å². The van der Waals surface area contributed by atoms with E-state index in [0.29, 0.717) is 0 Å². The zero-order chi connectivity index (χ0) is 3.54. The lowest BCUT2D eigenvalue weighted by Crippen LogP contribution is -1.38. The predicted molar refractivity (Wildman–Crippen MR) is 31.2 cm³/mol. The van der Waals surface area contributed by atoms with Crippen molar-refractivity contribution in [3.8, 4) is 0 Å². The van der Waals surface area contributed by atoms with E-state index < -0.39 is 0 Å². The van der Waals surface area contributed by atoms with Gasteiger partial charge in [0.1, 0.15) is 0 Å². The maximum Gasteiger partial charge on any atom is 0.000496 e. The van der Waals surface area contributed by atoms with Crippen LogP contribution in [0.3, 0.4) is 0 Å². The Morgan fingerprint density at radius 2 is 1.50 bits per heavy atom. The molecule has 0 aromatic carbocycles. The van der Waals surface area contributed by atoms with Crippen molar-refractivity contribution in [3.05, 3.63) is 24.5 Å². The summed E-state index contributed by atoms with van der Waals surface area (Å²) in [6, 6.07) is 3.89. The lowest BCUT2D eigenvalue weighted by atomic mass is 10.7. The first-order valence-corrected chi connectivity index (χ1v) is 1.58. The van der Waals surface area contributed by atoms with Crippen molar-refractivity contribution in [2.45, 2.75) is 0 Å². The molecule has 0 aliphatic carbocycles. The highest BCUT2D eigenvalue weighted by Crippen LogP contribution is 1.72. The normalized spacial score (nSPS) is 6.67. The van der Waals surface area contributed by atoms with Crippen LogP contribution in [0.2, 0.25) is 0 Å². The molecule has 0 spiro atoms. The minimum Gasteiger partial charge on any atom is -0.368 e. The van der Waals surface area contributed by atoms with Gasteiger partial charge in [0.25, 0.3) is 0 Å². The third-order valence-corrected chi connectivity index (χ3v) is 0.496. The molecule has 0 amide bonds. The Morgan fingerprint density at radius 3 is 1.67 bits per heavy atom. The summed E-state index contributed by atoms with van der Waals surface area (Å²) in [5, 5.41) is 0. The van der Waals surface area contributed by atoms with Crippen molar-refractivity contribution < 1.29 is 0 Å². The molecule has 1 aromatic rings. The second kappa shape index (κ2) is 2.85. The maximum atomic E-state index is 2.86. The van der Waals surface area contributed by atoms with Gasteiger partial charge < -0.3 is 4.98 Å². The molecule has 0 saturated carbocycles. The van der Waals surface area contributed by atoms with Gasteiger partial charge in [-0.25, -0.2) is 0 Å². The molecular formula is C4H7NS. The standard InChI is InChI=1S/C4H5N.H2S/c1-2-4-5-3-1;/h1-5H;1H2. The number of hydrogen-bond acceptors (Lipinski definition) is 0. The van der Waals surface area contributed by atoms with Crippen molar-refractivity contribution in [3.63, 3.8) is 0 Å². The summed E-state index contributed by atoms with van der Waals surface area (Å²) in [5.74, 6) is 0. The molecule has 1 aromatic heterocycles. The van der Waals surface area contributed by atoms with Crippen LogP contribution >= 0.6 is 13.5 Å². The van der Waals surface area contributed by atoms with Crippen LogP contribution in [-0.4, -0.2) is 4.98 Å². The van der Waals surface area contributed by atoms with Gasteiger partial charge in [0, 0.05) is 12.4 Å². The van der Waals surface area contributed by atoms with E-state index in [-0.39, 0.29) is 13.5 Å². The number of H-pyrrole nitrogens is 1. The van der Waals surface area contributed by atoms with E-state index in [4.69, 9.17) is 0 Å². The quantitative estimate of drug-likeness (QED) is 0.504. The summed E-state index contributed by atoms with van der Waals surface area (Å²) in [5.41, 5.74) is 0. The van der Waals surface area contributed by atoms with E-state index in [1.165, 1.54) is 0 Å². The molecule has 0 unspecified atom stereocenters. The minimum absolute atomic E-state index is 0. The second-order valence-corrected chi connectivity index (χ2v) is 0.885. The molecule has 1 heterocycles. The van der Waals surface area contributed by atoms with E-state index in [1.54, 1.807) is 0 Å². The van der Waals surface area contributed by atoms with Crippen molar-refractivity contribution >= 4 is 13.5 Å². The number of hydrogen-bond donors (Lipinski definition) is 1. The van der Waals surface area contributed by atoms with Crippen LogP contribution in [-0.2, 0) is 0 Å². The fourth-order valence-electron chi connectivity index (χ4n) is 0.278. The van der Waals surface area contributed by atoms with Crippen molar-refractivity contribution in [1.82, 2.24) is 4.98 Å². The van der Waals surface area contributed by atoms with E-state index in [9.17, 15) is 0 Å². The van der Waals surface area contributed by atoms with Gasteiger partial charge >= 0.3 is 0 Å². The average molecular weight is 101 g/mol. The van der Waals surface area contributed by atoms with Gasteiger partial charge in [0.2, 0.25) is 0 Å². The molecule has 1 nitrogen and oxygen atoms in total. The van der Waals surface area contributed by atoms with Gasteiger partial charge in [-0.05, 0) is 12.1 Å². The fraction of sp³-hybridized carbons (Fsp3) is 0. The number of aromatic nitrogens is 1. The Balaban J connectivity index is 0.000000250. The Hall–Kier alpha value is -0.370. The van der Waals surface area contributed by atoms with Crippen molar-refractivity contribution in [2.24, 2.45) is 0 Å². The first-order chi connectivity index (χ1) is 2.50. The van der Waals surface area contributed by atoms with E-state index >= 15 is 0 Å². The Kier molecular flexibility index (Phi) is 2.67. The summed E-state index contributed by atoms with van der Waals surface area (Å²) in [6.07, 6.45) is 3.75. The van der Waals surface area contributed by atoms with Gasteiger partial charge in [-0.1, -0.05) is 0 Å². The smallest absolute Gasteiger partial charge is 0.000496 e. The maximum absolute atomic E-state index is 2.86. The average Bonchev–Trinajstić information content (AvgIpc) is 1.76. The number of rotatable bonds is 0. The molecule has 6 heavy (non-hydrogen) atoms. The summed E-state index contributed by atoms with van der Waals surface area (Å²) in [7, 11) is 0. The molecular weight excluding hydrogens is 94.1 g/mol. The first-order valence-electron chi connectivity index (χ1n) is 1.58. The van der Waals surface area contributed by atoms with Crippen LogP contribution < -0.4 is 0 Å². The van der Waals surface area contributed by atoms with E-state index in [0.717, 1.165) is 0 Å². The molecule has 0 fully saturated rings. The minimum atomic E-state index is 0. The third kappa shape index (κ3) is 1.17. The summed E-state index contributed by atoms with van der Waals surface area (Å²) < 4.78 is 0. The predicted octanol–water partition coefficient (Wildman–Crippen LogP) is 1.13. The molecule has 0 saturated heterocycles. The zero-order valence-electron chi connectivity index (χ0n) is 3.31. The Morgan fingerprint density at radius 1 is 1.00 bits per heavy atom.